The van der Waals surface area contributed by atoms with Crippen LogP contribution >= 0.6 is 0 Å². The summed E-state index contributed by atoms with van der Waals surface area (Å²) >= 11 is 0. The molecule has 7 nitrogen and oxygen atoms in total. The molecule has 0 saturated carbocycles. The molecule has 0 spiro atoms. The summed E-state index contributed by atoms with van der Waals surface area (Å²) in [5.74, 6) is -0.596. The fraction of sp³-hybridized carbons (Fsp3) is 0.350. The van der Waals surface area contributed by atoms with Crippen molar-refractivity contribution in [3.63, 3.8) is 0 Å². The number of benzene rings is 1. The van der Waals surface area contributed by atoms with Crippen LogP contribution in [0.1, 0.15) is 22.3 Å². The highest BCUT2D eigenvalue weighted by atomic mass is 16.3. The quantitative estimate of drug-likeness (QED) is 0.693. The molecule has 2 amide bonds. The summed E-state index contributed by atoms with van der Waals surface area (Å²) in [4.78, 5) is 30.3. The number of hydrogen-bond acceptors (Lipinski definition) is 5. The molecule has 27 heavy (non-hydrogen) atoms. The molecule has 1 fully saturated rings. The molecule has 2 atom stereocenters. The molecule has 0 bridgehead atoms. The van der Waals surface area contributed by atoms with E-state index in [0.29, 0.717) is 18.5 Å². The number of likely N-dealkylation sites (tertiary alicyclic amines) is 1. The van der Waals surface area contributed by atoms with Crippen molar-refractivity contribution in [2.45, 2.75) is 25.1 Å². The third-order valence-electron chi connectivity index (χ3n) is 4.59. The first-order valence-electron chi connectivity index (χ1n) is 9.04. The minimum Gasteiger partial charge on any atom is -0.390 e. The number of aromatic nitrogens is 1. The van der Waals surface area contributed by atoms with Crippen LogP contribution in [0.3, 0.4) is 0 Å². The Bertz CT molecular complexity index is 754. The Hall–Kier alpha value is -2.77. The highest BCUT2D eigenvalue weighted by Crippen LogP contribution is 2.14. The van der Waals surface area contributed by atoms with E-state index in [1.807, 2.05) is 24.4 Å². The van der Waals surface area contributed by atoms with Gasteiger partial charge in [0.1, 0.15) is 0 Å². The normalized spacial score (nSPS) is 20.0. The Kier molecular flexibility index (Phi) is 6.51. The number of aliphatic hydroxyl groups is 1. The van der Waals surface area contributed by atoms with E-state index < -0.39 is 6.10 Å². The lowest BCUT2D eigenvalue weighted by Crippen LogP contribution is -2.55. The Balaban J connectivity index is 1.42. The lowest BCUT2D eigenvalue weighted by Gasteiger charge is -2.36. The molecule has 1 aromatic carbocycles. The smallest absolute Gasteiger partial charge is 0.251 e. The van der Waals surface area contributed by atoms with Crippen LogP contribution in [0.15, 0.2) is 54.9 Å². The molecule has 3 N–H and O–H groups in total. The van der Waals surface area contributed by atoms with Crippen molar-refractivity contribution in [2.75, 3.05) is 19.6 Å². The van der Waals surface area contributed by atoms with Crippen LogP contribution in [-0.4, -0.2) is 58.6 Å². The van der Waals surface area contributed by atoms with E-state index in [2.05, 4.69) is 20.5 Å². The van der Waals surface area contributed by atoms with Crippen molar-refractivity contribution in [3.05, 3.63) is 66.0 Å². The first-order valence-corrected chi connectivity index (χ1v) is 9.04. The van der Waals surface area contributed by atoms with E-state index in [-0.39, 0.29) is 24.4 Å². The maximum absolute atomic E-state index is 12.1. The Morgan fingerprint density at radius 3 is 2.70 bits per heavy atom. The van der Waals surface area contributed by atoms with Crippen LogP contribution in [0.5, 0.6) is 0 Å². The average Bonchev–Trinajstić information content (AvgIpc) is 2.70. The third kappa shape index (κ3) is 5.60. The van der Waals surface area contributed by atoms with E-state index in [0.717, 1.165) is 18.7 Å². The zero-order valence-electron chi connectivity index (χ0n) is 15.0. The number of rotatable bonds is 6. The second kappa shape index (κ2) is 9.25. The molecule has 2 heterocycles. The molecular formula is C20H24N4O3. The fourth-order valence-electron chi connectivity index (χ4n) is 3.17. The molecule has 0 aliphatic carbocycles. The fourth-order valence-corrected chi connectivity index (χ4v) is 3.17. The molecule has 1 saturated heterocycles. The number of amides is 2. The zero-order valence-corrected chi connectivity index (χ0v) is 15.0. The number of pyridine rings is 1. The molecule has 1 aliphatic heterocycles. The maximum Gasteiger partial charge on any atom is 0.251 e. The average molecular weight is 368 g/mol. The third-order valence-corrected chi connectivity index (χ3v) is 4.59. The van der Waals surface area contributed by atoms with Gasteiger partial charge >= 0.3 is 0 Å². The van der Waals surface area contributed by atoms with Crippen molar-refractivity contribution in [3.8, 4) is 0 Å². The molecule has 1 aliphatic rings. The predicted octanol–water partition coefficient (Wildman–Crippen LogP) is 0.563. The SMILES string of the molecule is O=C(CNC(=O)c1ccccc1)N[C@@H]1CCN(Cc2cccnc2)C[C@H]1O. The van der Waals surface area contributed by atoms with E-state index in [9.17, 15) is 14.7 Å². The van der Waals surface area contributed by atoms with Crippen molar-refractivity contribution in [2.24, 2.45) is 0 Å². The number of nitrogens with zero attached hydrogens (tertiary/aromatic N) is 2. The maximum atomic E-state index is 12.1. The summed E-state index contributed by atoms with van der Waals surface area (Å²) in [6.45, 7) is 1.86. The van der Waals surface area contributed by atoms with Crippen LogP contribution in [0.2, 0.25) is 0 Å². The number of carbonyl (C=O) groups is 2. The van der Waals surface area contributed by atoms with Gasteiger partial charge in [0, 0.05) is 37.6 Å². The standard InChI is InChI=1S/C20H24N4O3/c25-18-14-24(13-15-5-4-9-21-11-15)10-8-17(18)23-19(26)12-22-20(27)16-6-2-1-3-7-16/h1-7,9,11,17-18,25H,8,10,12-14H2,(H,22,27)(H,23,26)/t17-,18-/m1/s1. The van der Waals surface area contributed by atoms with E-state index in [1.54, 1.807) is 30.5 Å². The van der Waals surface area contributed by atoms with Crippen LogP contribution < -0.4 is 10.6 Å². The highest BCUT2D eigenvalue weighted by Gasteiger charge is 2.28. The Morgan fingerprint density at radius 2 is 2.00 bits per heavy atom. The van der Waals surface area contributed by atoms with Gasteiger partial charge in [0.2, 0.25) is 5.91 Å². The van der Waals surface area contributed by atoms with Crippen molar-refractivity contribution in [1.29, 1.82) is 0 Å². The molecule has 2 aromatic rings. The van der Waals surface area contributed by atoms with Crippen LogP contribution in [0.25, 0.3) is 0 Å². The van der Waals surface area contributed by atoms with Crippen molar-refractivity contribution < 1.29 is 14.7 Å². The van der Waals surface area contributed by atoms with Gasteiger partial charge in [-0.25, -0.2) is 0 Å². The van der Waals surface area contributed by atoms with Gasteiger partial charge < -0.3 is 15.7 Å². The number of β-amino-alcohol motifs (C(OH)–C–C–N with tert-alkyl or cyclic N) is 1. The second-order valence-electron chi connectivity index (χ2n) is 6.68. The first-order chi connectivity index (χ1) is 13.1. The van der Waals surface area contributed by atoms with Gasteiger partial charge in [0.25, 0.3) is 5.91 Å². The van der Waals surface area contributed by atoms with Gasteiger partial charge in [0.05, 0.1) is 18.7 Å². The minimum absolute atomic E-state index is 0.115. The van der Waals surface area contributed by atoms with Gasteiger partial charge in [-0.2, -0.15) is 0 Å². The molecule has 0 radical (unpaired) electrons. The number of aliphatic hydroxyl groups excluding tert-OH is 1. The summed E-state index contributed by atoms with van der Waals surface area (Å²) in [6.07, 6.45) is 3.55. The van der Waals surface area contributed by atoms with Gasteiger partial charge in [0.15, 0.2) is 0 Å². The van der Waals surface area contributed by atoms with Gasteiger partial charge in [-0.1, -0.05) is 24.3 Å². The van der Waals surface area contributed by atoms with Crippen molar-refractivity contribution in [1.82, 2.24) is 20.5 Å². The molecular weight excluding hydrogens is 344 g/mol. The van der Waals surface area contributed by atoms with E-state index >= 15 is 0 Å². The summed E-state index contributed by atoms with van der Waals surface area (Å²) < 4.78 is 0. The molecule has 0 unspecified atom stereocenters. The number of nitrogens with one attached hydrogen (secondary N) is 2. The summed E-state index contributed by atoms with van der Waals surface area (Å²) in [5.41, 5.74) is 1.60. The lowest BCUT2D eigenvalue weighted by molar-refractivity contribution is -0.122. The monoisotopic (exact) mass is 368 g/mol. The van der Waals surface area contributed by atoms with Crippen LogP contribution in [0, 0.1) is 0 Å². The Morgan fingerprint density at radius 1 is 1.19 bits per heavy atom. The topological polar surface area (TPSA) is 94.6 Å². The van der Waals surface area contributed by atoms with Crippen LogP contribution in [-0.2, 0) is 11.3 Å². The Labute approximate surface area is 158 Å². The number of piperidine rings is 1. The van der Waals surface area contributed by atoms with Gasteiger partial charge in [-0.05, 0) is 30.2 Å². The number of hydrogen-bond donors (Lipinski definition) is 3. The molecule has 1 aromatic heterocycles. The summed E-state index contributed by atoms with van der Waals surface area (Å²) in [6, 6.07) is 12.3. The number of carbonyl (C=O) groups excluding carboxylic acids is 2. The molecule has 3 rings (SSSR count). The van der Waals surface area contributed by atoms with E-state index in [1.165, 1.54) is 0 Å². The van der Waals surface area contributed by atoms with Crippen LogP contribution in [0.4, 0.5) is 0 Å². The highest BCUT2D eigenvalue weighted by molar-refractivity contribution is 5.96. The molecule has 7 heteroatoms. The minimum atomic E-state index is -0.649. The largest absolute Gasteiger partial charge is 0.390 e. The van der Waals surface area contributed by atoms with Gasteiger partial charge in [-0.15, -0.1) is 0 Å². The zero-order chi connectivity index (χ0) is 19.1. The lowest BCUT2D eigenvalue weighted by atomic mass is 10.0. The van der Waals surface area contributed by atoms with E-state index in [4.69, 9.17) is 0 Å². The van der Waals surface area contributed by atoms with Crippen molar-refractivity contribution >= 4 is 11.8 Å². The summed E-state index contributed by atoms with van der Waals surface area (Å²) in [7, 11) is 0. The summed E-state index contributed by atoms with van der Waals surface area (Å²) in [5, 5.41) is 15.8. The van der Waals surface area contributed by atoms with Gasteiger partial charge in [-0.3, -0.25) is 19.5 Å². The first kappa shape index (κ1) is 19.0. The second-order valence-corrected chi connectivity index (χ2v) is 6.68. The predicted molar refractivity (Wildman–Crippen MR) is 101 cm³/mol. The molecule has 142 valence electrons.